The van der Waals surface area contributed by atoms with Crippen molar-refractivity contribution >= 4 is 0 Å². The van der Waals surface area contributed by atoms with Crippen LogP contribution in [0.4, 0.5) is 0 Å². The monoisotopic (exact) mass is 243 g/mol. The van der Waals surface area contributed by atoms with Crippen molar-refractivity contribution in [2.45, 2.75) is 26.3 Å². The van der Waals surface area contributed by atoms with E-state index in [1.165, 1.54) is 22.3 Å². The predicted octanol–water partition coefficient (Wildman–Crippen LogP) is 2.54. The smallest absolute Gasteiger partial charge is 0.0522 e. The van der Waals surface area contributed by atoms with Gasteiger partial charge in [0.15, 0.2) is 0 Å². The van der Waals surface area contributed by atoms with Gasteiger partial charge in [0, 0.05) is 19.3 Å². The number of hydrogen-bond acceptors (Lipinski definition) is 2. The molecule has 1 aromatic heterocycles. The third-order valence-electron chi connectivity index (χ3n) is 3.57. The summed E-state index contributed by atoms with van der Waals surface area (Å²) in [6, 6.07) is 6.84. The summed E-state index contributed by atoms with van der Waals surface area (Å²) in [7, 11) is 3.97. The summed E-state index contributed by atoms with van der Waals surface area (Å²) in [5, 5.41) is 7.63. The normalized spacial score (nSPS) is 12.7. The summed E-state index contributed by atoms with van der Waals surface area (Å²) in [4.78, 5) is 0. The Morgan fingerprint density at radius 2 is 2.11 bits per heavy atom. The van der Waals surface area contributed by atoms with Gasteiger partial charge in [-0.05, 0) is 49.6 Å². The van der Waals surface area contributed by atoms with Gasteiger partial charge in [-0.1, -0.05) is 18.2 Å². The second-order valence-electron chi connectivity index (χ2n) is 4.86. The number of aryl methyl sites for hydroxylation is 2. The van der Waals surface area contributed by atoms with Gasteiger partial charge >= 0.3 is 0 Å². The van der Waals surface area contributed by atoms with Gasteiger partial charge in [0.05, 0.1) is 6.20 Å². The van der Waals surface area contributed by atoms with E-state index < -0.39 is 0 Å². The number of hydrogen-bond donors (Lipinski definition) is 1. The number of nitrogens with one attached hydrogen (secondary N) is 1. The van der Waals surface area contributed by atoms with Crippen LogP contribution < -0.4 is 5.32 Å². The topological polar surface area (TPSA) is 29.9 Å². The Balaban J connectivity index is 2.25. The van der Waals surface area contributed by atoms with Crippen molar-refractivity contribution in [2.75, 3.05) is 7.05 Å². The van der Waals surface area contributed by atoms with E-state index in [9.17, 15) is 0 Å². The van der Waals surface area contributed by atoms with E-state index in [1.807, 2.05) is 25.0 Å². The maximum absolute atomic E-state index is 4.23. The molecule has 3 heteroatoms. The number of likely N-dealkylation sites (N-methyl/N-ethyl adjacent to an activating group) is 1. The van der Waals surface area contributed by atoms with Gasteiger partial charge in [0.2, 0.25) is 0 Å². The first-order chi connectivity index (χ1) is 8.61. The lowest BCUT2D eigenvalue weighted by Crippen LogP contribution is -2.20. The zero-order chi connectivity index (χ0) is 13.1. The van der Waals surface area contributed by atoms with Gasteiger partial charge in [-0.2, -0.15) is 5.10 Å². The standard InChI is InChI=1S/C15H21N3/c1-11-6-5-7-14(12(11)2)15(16-3)8-13-9-17-18(4)10-13/h5-7,9-10,15-16H,8H2,1-4H3. The molecule has 3 nitrogen and oxygen atoms in total. The summed E-state index contributed by atoms with van der Waals surface area (Å²) in [6.07, 6.45) is 4.99. The summed E-state index contributed by atoms with van der Waals surface area (Å²) < 4.78 is 1.85. The number of aromatic nitrogens is 2. The molecule has 1 heterocycles. The molecule has 1 N–H and O–H groups in total. The Kier molecular flexibility index (Phi) is 3.82. The SMILES string of the molecule is CNC(Cc1cnn(C)c1)c1cccc(C)c1C. The average Bonchev–Trinajstić information content (AvgIpc) is 2.76. The predicted molar refractivity (Wildman–Crippen MR) is 74.6 cm³/mol. The van der Waals surface area contributed by atoms with Crippen LogP contribution >= 0.6 is 0 Å². The molecule has 0 amide bonds. The highest BCUT2D eigenvalue weighted by Gasteiger charge is 2.14. The Morgan fingerprint density at radius 1 is 1.33 bits per heavy atom. The summed E-state index contributed by atoms with van der Waals surface area (Å²) >= 11 is 0. The van der Waals surface area contributed by atoms with E-state index in [2.05, 4.69) is 48.7 Å². The first-order valence-corrected chi connectivity index (χ1v) is 6.32. The number of benzene rings is 1. The zero-order valence-electron chi connectivity index (χ0n) is 11.6. The van der Waals surface area contributed by atoms with Crippen molar-refractivity contribution in [2.24, 2.45) is 7.05 Å². The number of nitrogens with zero attached hydrogens (tertiary/aromatic N) is 2. The minimum Gasteiger partial charge on any atom is -0.313 e. The van der Waals surface area contributed by atoms with Crippen LogP contribution in [-0.4, -0.2) is 16.8 Å². The fourth-order valence-corrected chi connectivity index (χ4v) is 2.33. The third-order valence-corrected chi connectivity index (χ3v) is 3.57. The van der Waals surface area contributed by atoms with Gasteiger partial charge in [-0.25, -0.2) is 0 Å². The lowest BCUT2D eigenvalue weighted by molar-refractivity contribution is 0.588. The van der Waals surface area contributed by atoms with Crippen molar-refractivity contribution in [1.29, 1.82) is 0 Å². The Labute approximate surface area is 109 Å². The molecule has 0 radical (unpaired) electrons. The maximum Gasteiger partial charge on any atom is 0.0522 e. The Hall–Kier alpha value is -1.61. The van der Waals surface area contributed by atoms with E-state index in [1.54, 1.807) is 0 Å². The van der Waals surface area contributed by atoms with Crippen LogP contribution in [0.3, 0.4) is 0 Å². The fourth-order valence-electron chi connectivity index (χ4n) is 2.33. The lowest BCUT2D eigenvalue weighted by Gasteiger charge is -2.19. The van der Waals surface area contributed by atoms with E-state index in [0.29, 0.717) is 6.04 Å². The van der Waals surface area contributed by atoms with Crippen LogP contribution in [0.2, 0.25) is 0 Å². The fraction of sp³-hybridized carbons (Fsp3) is 0.400. The molecule has 0 aliphatic carbocycles. The molecule has 2 rings (SSSR count). The molecule has 96 valence electrons. The lowest BCUT2D eigenvalue weighted by atomic mass is 9.94. The van der Waals surface area contributed by atoms with Crippen molar-refractivity contribution in [3.8, 4) is 0 Å². The van der Waals surface area contributed by atoms with Gasteiger partial charge < -0.3 is 5.32 Å². The third kappa shape index (κ3) is 2.62. The summed E-state index contributed by atoms with van der Waals surface area (Å²) in [5.74, 6) is 0. The maximum atomic E-state index is 4.23. The summed E-state index contributed by atoms with van der Waals surface area (Å²) in [6.45, 7) is 4.36. The van der Waals surface area contributed by atoms with Gasteiger partial charge in [-0.3, -0.25) is 4.68 Å². The highest BCUT2D eigenvalue weighted by atomic mass is 15.2. The molecular weight excluding hydrogens is 222 g/mol. The van der Waals surface area contributed by atoms with E-state index in [-0.39, 0.29) is 0 Å². The molecule has 1 unspecified atom stereocenters. The molecule has 0 saturated heterocycles. The molecule has 0 spiro atoms. The van der Waals surface area contributed by atoms with E-state index >= 15 is 0 Å². The molecule has 2 aromatic rings. The van der Waals surface area contributed by atoms with Crippen molar-refractivity contribution < 1.29 is 0 Å². The van der Waals surface area contributed by atoms with Crippen molar-refractivity contribution in [3.05, 3.63) is 52.8 Å². The highest BCUT2D eigenvalue weighted by molar-refractivity contribution is 5.36. The molecule has 0 aliphatic heterocycles. The van der Waals surface area contributed by atoms with Crippen LogP contribution in [0.25, 0.3) is 0 Å². The quantitative estimate of drug-likeness (QED) is 0.894. The zero-order valence-corrected chi connectivity index (χ0v) is 11.6. The highest BCUT2D eigenvalue weighted by Crippen LogP contribution is 2.23. The van der Waals surface area contributed by atoms with Gasteiger partial charge in [0.1, 0.15) is 0 Å². The average molecular weight is 243 g/mol. The number of rotatable bonds is 4. The molecule has 0 bridgehead atoms. The van der Waals surface area contributed by atoms with Gasteiger partial charge in [0.25, 0.3) is 0 Å². The van der Waals surface area contributed by atoms with E-state index in [4.69, 9.17) is 0 Å². The van der Waals surface area contributed by atoms with Crippen LogP contribution in [0.5, 0.6) is 0 Å². The van der Waals surface area contributed by atoms with Crippen molar-refractivity contribution in [3.63, 3.8) is 0 Å². The minimum atomic E-state index is 0.342. The molecule has 0 saturated carbocycles. The molecule has 0 fully saturated rings. The van der Waals surface area contributed by atoms with Crippen LogP contribution in [-0.2, 0) is 13.5 Å². The van der Waals surface area contributed by atoms with Crippen LogP contribution in [0.15, 0.2) is 30.6 Å². The summed E-state index contributed by atoms with van der Waals surface area (Å²) in [5.41, 5.74) is 5.36. The minimum absolute atomic E-state index is 0.342. The molecule has 1 aromatic carbocycles. The van der Waals surface area contributed by atoms with Crippen LogP contribution in [0, 0.1) is 13.8 Å². The van der Waals surface area contributed by atoms with Crippen molar-refractivity contribution in [1.82, 2.24) is 15.1 Å². The van der Waals surface area contributed by atoms with E-state index in [0.717, 1.165) is 6.42 Å². The van der Waals surface area contributed by atoms with Gasteiger partial charge in [-0.15, -0.1) is 0 Å². The molecule has 1 atom stereocenters. The second-order valence-corrected chi connectivity index (χ2v) is 4.86. The molecule has 18 heavy (non-hydrogen) atoms. The Morgan fingerprint density at radius 3 is 2.72 bits per heavy atom. The first kappa shape index (κ1) is 12.8. The largest absolute Gasteiger partial charge is 0.313 e. The van der Waals surface area contributed by atoms with Crippen LogP contribution in [0.1, 0.15) is 28.3 Å². The molecular formula is C15H21N3. The molecule has 0 aliphatic rings. The first-order valence-electron chi connectivity index (χ1n) is 6.32. The second kappa shape index (κ2) is 5.36. The Bertz CT molecular complexity index is 528.